The van der Waals surface area contributed by atoms with E-state index in [9.17, 15) is 0 Å². The van der Waals surface area contributed by atoms with Gasteiger partial charge in [-0.3, -0.25) is 4.98 Å². The van der Waals surface area contributed by atoms with E-state index in [1.54, 1.807) is 0 Å². The third-order valence-electron chi connectivity index (χ3n) is 2.57. The number of aromatic nitrogens is 3. The standard InChI is InChI=1S/C12H15N3.C2H6/c1-4-11-10-7-13-6-5-9(10)12(8(2)3)15-14-11;1-2/h5-8H,4H2,1-3H3;1-2H3. The Bertz CT molecular complexity index is 478. The predicted octanol–water partition coefficient (Wildman–Crippen LogP) is 3.74. The molecule has 0 saturated carbocycles. The Hall–Kier alpha value is -1.51. The molecule has 2 aromatic rings. The fraction of sp³-hybridized carbons (Fsp3) is 0.500. The van der Waals surface area contributed by atoms with E-state index in [0.717, 1.165) is 23.2 Å². The highest BCUT2D eigenvalue weighted by Gasteiger charge is 2.10. The van der Waals surface area contributed by atoms with Crippen LogP contribution in [0, 0.1) is 0 Å². The van der Waals surface area contributed by atoms with Gasteiger partial charge in [0.1, 0.15) is 0 Å². The lowest BCUT2D eigenvalue weighted by atomic mass is 10.0. The molecule has 0 radical (unpaired) electrons. The highest BCUT2D eigenvalue weighted by Crippen LogP contribution is 2.23. The van der Waals surface area contributed by atoms with Crippen LogP contribution in [-0.2, 0) is 6.42 Å². The summed E-state index contributed by atoms with van der Waals surface area (Å²) < 4.78 is 0. The van der Waals surface area contributed by atoms with Gasteiger partial charge in [-0.25, -0.2) is 0 Å². The zero-order valence-corrected chi connectivity index (χ0v) is 11.4. The third-order valence-corrected chi connectivity index (χ3v) is 2.57. The zero-order chi connectivity index (χ0) is 12.8. The minimum absolute atomic E-state index is 0.397. The first-order chi connectivity index (χ1) is 8.24. The quantitative estimate of drug-likeness (QED) is 0.790. The van der Waals surface area contributed by atoms with Crippen LogP contribution in [0.4, 0.5) is 0 Å². The van der Waals surface area contributed by atoms with Crippen LogP contribution in [-0.4, -0.2) is 15.2 Å². The Balaban J connectivity index is 0.000000686. The van der Waals surface area contributed by atoms with Crippen molar-refractivity contribution in [3.8, 4) is 0 Å². The van der Waals surface area contributed by atoms with Crippen molar-refractivity contribution in [2.75, 3.05) is 0 Å². The Morgan fingerprint density at radius 2 is 1.82 bits per heavy atom. The maximum Gasteiger partial charge on any atom is 0.0735 e. The Morgan fingerprint density at radius 1 is 1.12 bits per heavy atom. The van der Waals surface area contributed by atoms with E-state index in [0.29, 0.717) is 5.92 Å². The molecule has 17 heavy (non-hydrogen) atoms. The lowest BCUT2D eigenvalue weighted by Gasteiger charge is -2.09. The van der Waals surface area contributed by atoms with Crippen molar-refractivity contribution >= 4 is 10.8 Å². The summed E-state index contributed by atoms with van der Waals surface area (Å²) in [6, 6.07) is 2.03. The second-order valence-electron chi connectivity index (χ2n) is 3.96. The van der Waals surface area contributed by atoms with Crippen LogP contribution >= 0.6 is 0 Å². The number of aryl methyl sites for hydroxylation is 1. The Labute approximate surface area is 103 Å². The van der Waals surface area contributed by atoms with E-state index in [1.807, 2.05) is 32.3 Å². The summed E-state index contributed by atoms with van der Waals surface area (Å²) in [6.45, 7) is 10.4. The molecule has 3 heteroatoms. The van der Waals surface area contributed by atoms with Gasteiger partial charge in [0.2, 0.25) is 0 Å². The lowest BCUT2D eigenvalue weighted by molar-refractivity contribution is 0.784. The average Bonchev–Trinajstić information content (AvgIpc) is 2.39. The number of pyridine rings is 1. The van der Waals surface area contributed by atoms with E-state index in [-0.39, 0.29) is 0 Å². The molecule has 0 atom stereocenters. The number of fused-ring (bicyclic) bond motifs is 1. The van der Waals surface area contributed by atoms with E-state index in [1.165, 1.54) is 5.39 Å². The maximum absolute atomic E-state index is 4.30. The van der Waals surface area contributed by atoms with Gasteiger partial charge in [0, 0.05) is 23.2 Å². The van der Waals surface area contributed by atoms with E-state index in [2.05, 4.69) is 36.0 Å². The van der Waals surface area contributed by atoms with Gasteiger partial charge >= 0.3 is 0 Å². The van der Waals surface area contributed by atoms with Crippen LogP contribution in [0.3, 0.4) is 0 Å². The molecule has 2 heterocycles. The van der Waals surface area contributed by atoms with Crippen molar-refractivity contribution < 1.29 is 0 Å². The van der Waals surface area contributed by atoms with Crippen LogP contribution < -0.4 is 0 Å². The summed E-state index contributed by atoms with van der Waals surface area (Å²) in [6.07, 6.45) is 4.59. The van der Waals surface area contributed by atoms with Crippen LogP contribution in [0.5, 0.6) is 0 Å². The highest BCUT2D eigenvalue weighted by atomic mass is 15.1. The second-order valence-corrected chi connectivity index (χ2v) is 3.96. The lowest BCUT2D eigenvalue weighted by Crippen LogP contribution is -2.01. The summed E-state index contributed by atoms with van der Waals surface area (Å²) in [5.41, 5.74) is 2.09. The monoisotopic (exact) mass is 231 g/mol. The average molecular weight is 231 g/mol. The summed E-state index contributed by atoms with van der Waals surface area (Å²) in [7, 11) is 0. The topological polar surface area (TPSA) is 38.7 Å². The summed E-state index contributed by atoms with van der Waals surface area (Å²) in [5, 5.41) is 10.9. The second kappa shape index (κ2) is 6.28. The Morgan fingerprint density at radius 3 is 2.41 bits per heavy atom. The van der Waals surface area contributed by atoms with E-state index >= 15 is 0 Å². The molecule has 0 spiro atoms. The zero-order valence-electron chi connectivity index (χ0n) is 11.4. The number of hydrogen-bond acceptors (Lipinski definition) is 3. The fourth-order valence-electron chi connectivity index (χ4n) is 1.76. The van der Waals surface area contributed by atoms with E-state index in [4.69, 9.17) is 0 Å². The largest absolute Gasteiger partial charge is 0.264 e. The predicted molar refractivity (Wildman–Crippen MR) is 72.1 cm³/mol. The third kappa shape index (κ3) is 2.78. The molecule has 2 aromatic heterocycles. The molecule has 0 bridgehead atoms. The minimum Gasteiger partial charge on any atom is -0.264 e. The minimum atomic E-state index is 0.397. The highest BCUT2D eigenvalue weighted by molar-refractivity contribution is 5.85. The van der Waals surface area contributed by atoms with Gasteiger partial charge in [0.15, 0.2) is 0 Å². The molecule has 0 aliphatic carbocycles. The van der Waals surface area contributed by atoms with Gasteiger partial charge in [-0.15, -0.1) is 0 Å². The molecule has 3 nitrogen and oxygen atoms in total. The van der Waals surface area contributed by atoms with Gasteiger partial charge in [0.25, 0.3) is 0 Å². The first-order valence-electron chi connectivity index (χ1n) is 6.33. The van der Waals surface area contributed by atoms with Crippen molar-refractivity contribution in [1.82, 2.24) is 15.2 Å². The molecular weight excluding hydrogens is 210 g/mol. The Kier molecular flexibility index (Phi) is 5.01. The van der Waals surface area contributed by atoms with Gasteiger partial charge in [0.05, 0.1) is 11.4 Å². The van der Waals surface area contributed by atoms with Gasteiger partial charge in [-0.2, -0.15) is 10.2 Å². The fourth-order valence-corrected chi connectivity index (χ4v) is 1.76. The first-order valence-corrected chi connectivity index (χ1v) is 6.33. The molecular formula is C14H21N3. The molecule has 92 valence electrons. The van der Waals surface area contributed by atoms with Crippen molar-refractivity contribution in [2.45, 2.75) is 47.0 Å². The molecule has 0 fully saturated rings. The van der Waals surface area contributed by atoms with Gasteiger partial charge in [-0.1, -0.05) is 34.6 Å². The van der Waals surface area contributed by atoms with Crippen molar-refractivity contribution in [2.24, 2.45) is 0 Å². The van der Waals surface area contributed by atoms with Crippen LogP contribution in [0.25, 0.3) is 10.8 Å². The molecule has 0 N–H and O–H groups in total. The summed E-state index contributed by atoms with van der Waals surface area (Å²) in [4.78, 5) is 4.15. The smallest absolute Gasteiger partial charge is 0.0735 e. The number of nitrogens with zero attached hydrogens (tertiary/aromatic N) is 3. The van der Waals surface area contributed by atoms with Crippen molar-refractivity contribution in [1.29, 1.82) is 0 Å². The first kappa shape index (κ1) is 13.6. The van der Waals surface area contributed by atoms with E-state index < -0.39 is 0 Å². The summed E-state index contributed by atoms with van der Waals surface area (Å²) in [5.74, 6) is 0.397. The van der Waals surface area contributed by atoms with Crippen LogP contribution in [0.2, 0.25) is 0 Å². The molecule has 0 aromatic carbocycles. The van der Waals surface area contributed by atoms with Crippen molar-refractivity contribution in [3.05, 3.63) is 29.8 Å². The molecule has 0 unspecified atom stereocenters. The molecule has 0 saturated heterocycles. The molecule has 0 amide bonds. The van der Waals surface area contributed by atoms with Crippen LogP contribution in [0.1, 0.15) is 51.9 Å². The van der Waals surface area contributed by atoms with Crippen LogP contribution in [0.15, 0.2) is 18.5 Å². The molecule has 2 rings (SSSR count). The molecule has 0 aliphatic rings. The maximum atomic E-state index is 4.30. The SMILES string of the molecule is CC.CCc1nnc(C(C)C)c2ccncc12. The van der Waals surface area contributed by atoms with Gasteiger partial charge < -0.3 is 0 Å². The summed E-state index contributed by atoms with van der Waals surface area (Å²) >= 11 is 0. The van der Waals surface area contributed by atoms with Crippen molar-refractivity contribution in [3.63, 3.8) is 0 Å². The molecule has 0 aliphatic heterocycles. The number of rotatable bonds is 2. The normalized spacial score (nSPS) is 10.2. The number of hydrogen-bond donors (Lipinski definition) is 0. The van der Waals surface area contributed by atoms with Gasteiger partial charge in [-0.05, 0) is 18.4 Å².